The molecule has 1 aromatic heterocycles. The van der Waals surface area contributed by atoms with Gasteiger partial charge in [-0.25, -0.2) is 0 Å². The Labute approximate surface area is 133 Å². The standard InChI is InChI=1S/C16H17Cl2NS/c17-11-4-5-14(18)10(8-11)9-15(19)12-2-1-3-16-13(12)6-7-20-16/h4-8,12,15H,1-3,9,19H2. The predicted octanol–water partition coefficient (Wildman–Crippen LogP) is 5.04. The molecule has 0 saturated heterocycles. The number of nitrogens with two attached hydrogens (primary N) is 1. The minimum absolute atomic E-state index is 0.0969. The quantitative estimate of drug-likeness (QED) is 0.840. The summed E-state index contributed by atoms with van der Waals surface area (Å²) < 4.78 is 0. The van der Waals surface area contributed by atoms with E-state index in [9.17, 15) is 0 Å². The average molecular weight is 326 g/mol. The number of halogens is 2. The van der Waals surface area contributed by atoms with Gasteiger partial charge >= 0.3 is 0 Å². The summed E-state index contributed by atoms with van der Waals surface area (Å²) in [6.07, 6.45) is 4.38. The number of fused-ring (bicyclic) bond motifs is 1. The van der Waals surface area contributed by atoms with Crippen molar-refractivity contribution < 1.29 is 0 Å². The molecule has 1 aromatic carbocycles. The van der Waals surface area contributed by atoms with Crippen LogP contribution in [0, 0.1) is 0 Å². The minimum Gasteiger partial charge on any atom is -0.327 e. The lowest BCUT2D eigenvalue weighted by Gasteiger charge is -2.28. The first-order valence-corrected chi connectivity index (χ1v) is 8.54. The molecule has 2 aromatic rings. The second-order valence-corrected chi connectivity index (χ2v) is 7.25. The largest absolute Gasteiger partial charge is 0.327 e. The van der Waals surface area contributed by atoms with Crippen molar-refractivity contribution in [1.82, 2.24) is 0 Å². The molecule has 3 rings (SSSR count). The predicted molar refractivity (Wildman–Crippen MR) is 88.1 cm³/mol. The van der Waals surface area contributed by atoms with Crippen LogP contribution < -0.4 is 5.73 Å². The van der Waals surface area contributed by atoms with Gasteiger partial charge in [0.1, 0.15) is 0 Å². The second-order valence-electron chi connectivity index (χ2n) is 5.40. The van der Waals surface area contributed by atoms with Crippen molar-refractivity contribution in [3.63, 3.8) is 0 Å². The highest BCUT2D eigenvalue weighted by atomic mass is 35.5. The number of hydrogen-bond acceptors (Lipinski definition) is 2. The SMILES string of the molecule is NC(Cc1cc(Cl)ccc1Cl)C1CCCc2sccc21. The molecule has 0 saturated carbocycles. The fraction of sp³-hybridized carbons (Fsp3) is 0.375. The van der Waals surface area contributed by atoms with E-state index in [2.05, 4.69) is 11.4 Å². The Morgan fingerprint density at radius 3 is 3.00 bits per heavy atom. The Morgan fingerprint density at radius 1 is 1.30 bits per heavy atom. The molecule has 2 atom stereocenters. The van der Waals surface area contributed by atoms with Crippen LogP contribution in [0.3, 0.4) is 0 Å². The maximum Gasteiger partial charge on any atom is 0.0439 e. The summed E-state index contributed by atoms with van der Waals surface area (Å²) in [5.41, 5.74) is 8.98. The molecule has 1 aliphatic carbocycles. The molecular formula is C16H17Cl2NS. The van der Waals surface area contributed by atoms with Crippen molar-refractivity contribution in [3.05, 3.63) is 55.7 Å². The van der Waals surface area contributed by atoms with Gasteiger partial charge in [-0.1, -0.05) is 23.2 Å². The molecule has 1 heterocycles. The van der Waals surface area contributed by atoms with Gasteiger partial charge in [0.2, 0.25) is 0 Å². The fourth-order valence-electron chi connectivity index (χ4n) is 3.06. The Hall–Kier alpha value is -0.540. The highest BCUT2D eigenvalue weighted by Gasteiger charge is 2.26. The smallest absolute Gasteiger partial charge is 0.0439 e. The van der Waals surface area contributed by atoms with Crippen LogP contribution in [0.5, 0.6) is 0 Å². The summed E-state index contributed by atoms with van der Waals surface area (Å²) in [4.78, 5) is 1.51. The minimum atomic E-state index is 0.0969. The zero-order chi connectivity index (χ0) is 14.1. The molecule has 0 radical (unpaired) electrons. The maximum absolute atomic E-state index is 6.48. The number of aryl methyl sites for hydroxylation is 1. The molecule has 106 valence electrons. The van der Waals surface area contributed by atoms with Gasteiger partial charge < -0.3 is 5.73 Å². The molecule has 0 aliphatic heterocycles. The van der Waals surface area contributed by atoms with Crippen molar-refractivity contribution in [2.24, 2.45) is 5.73 Å². The van der Waals surface area contributed by atoms with Crippen LogP contribution in [0.2, 0.25) is 10.0 Å². The van der Waals surface area contributed by atoms with E-state index in [4.69, 9.17) is 28.9 Å². The summed E-state index contributed by atoms with van der Waals surface area (Å²) >= 11 is 14.2. The fourth-order valence-corrected chi connectivity index (χ4v) is 4.45. The lowest BCUT2D eigenvalue weighted by molar-refractivity contribution is 0.464. The third kappa shape index (κ3) is 2.89. The second kappa shape index (κ2) is 6.07. The first-order chi connectivity index (χ1) is 9.65. The molecule has 20 heavy (non-hydrogen) atoms. The van der Waals surface area contributed by atoms with Crippen LogP contribution in [0.25, 0.3) is 0 Å². The van der Waals surface area contributed by atoms with Gasteiger partial charge in [0.05, 0.1) is 0 Å². The molecule has 0 bridgehead atoms. The third-order valence-electron chi connectivity index (χ3n) is 4.08. The van der Waals surface area contributed by atoms with Crippen LogP contribution >= 0.6 is 34.5 Å². The first kappa shape index (κ1) is 14.4. The van der Waals surface area contributed by atoms with Crippen molar-refractivity contribution in [2.45, 2.75) is 37.6 Å². The van der Waals surface area contributed by atoms with Crippen LogP contribution in [0.15, 0.2) is 29.6 Å². The van der Waals surface area contributed by atoms with E-state index in [-0.39, 0.29) is 6.04 Å². The van der Waals surface area contributed by atoms with E-state index in [1.54, 1.807) is 0 Å². The number of thiophene rings is 1. The lowest BCUT2D eigenvalue weighted by atomic mass is 9.81. The van der Waals surface area contributed by atoms with Crippen molar-refractivity contribution in [2.75, 3.05) is 0 Å². The molecule has 0 amide bonds. The van der Waals surface area contributed by atoms with Gasteiger partial charge in [-0.2, -0.15) is 0 Å². The van der Waals surface area contributed by atoms with Gasteiger partial charge in [0.15, 0.2) is 0 Å². The van der Waals surface area contributed by atoms with E-state index >= 15 is 0 Å². The van der Waals surface area contributed by atoms with Crippen molar-refractivity contribution >= 4 is 34.5 Å². The molecule has 1 nitrogen and oxygen atoms in total. The van der Waals surface area contributed by atoms with E-state index in [0.717, 1.165) is 22.0 Å². The maximum atomic E-state index is 6.48. The number of rotatable bonds is 3. The monoisotopic (exact) mass is 325 g/mol. The summed E-state index contributed by atoms with van der Waals surface area (Å²) in [7, 11) is 0. The molecular weight excluding hydrogens is 309 g/mol. The Bertz CT molecular complexity index is 608. The zero-order valence-electron chi connectivity index (χ0n) is 11.1. The zero-order valence-corrected chi connectivity index (χ0v) is 13.4. The normalized spacial score (nSPS) is 19.6. The van der Waals surface area contributed by atoms with Gasteiger partial charge in [-0.05, 0) is 66.5 Å². The Balaban J connectivity index is 1.81. The highest BCUT2D eigenvalue weighted by Crippen LogP contribution is 2.37. The van der Waals surface area contributed by atoms with Gasteiger partial charge in [-0.3, -0.25) is 0 Å². The molecule has 4 heteroatoms. The van der Waals surface area contributed by atoms with Crippen LogP contribution in [-0.2, 0) is 12.8 Å². The van der Waals surface area contributed by atoms with Crippen LogP contribution in [0.4, 0.5) is 0 Å². The Kier molecular flexibility index (Phi) is 4.37. The summed E-state index contributed by atoms with van der Waals surface area (Å²) in [5, 5.41) is 3.66. The lowest BCUT2D eigenvalue weighted by Crippen LogP contribution is -2.32. The van der Waals surface area contributed by atoms with Crippen molar-refractivity contribution in [1.29, 1.82) is 0 Å². The van der Waals surface area contributed by atoms with Crippen LogP contribution in [-0.4, -0.2) is 6.04 Å². The number of benzene rings is 1. The van der Waals surface area contributed by atoms with Crippen molar-refractivity contribution in [3.8, 4) is 0 Å². The average Bonchev–Trinajstić information content (AvgIpc) is 2.91. The van der Waals surface area contributed by atoms with Gasteiger partial charge in [0, 0.05) is 26.9 Å². The molecule has 2 unspecified atom stereocenters. The molecule has 2 N–H and O–H groups in total. The van der Waals surface area contributed by atoms with Gasteiger partial charge in [0.25, 0.3) is 0 Å². The van der Waals surface area contributed by atoms with E-state index in [0.29, 0.717) is 5.92 Å². The molecule has 0 fully saturated rings. The Morgan fingerprint density at radius 2 is 2.15 bits per heavy atom. The van der Waals surface area contributed by atoms with E-state index in [1.165, 1.54) is 29.7 Å². The number of hydrogen-bond donors (Lipinski definition) is 1. The summed E-state index contributed by atoms with van der Waals surface area (Å²) in [5.74, 6) is 0.444. The van der Waals surface area contributed by atoms with Crippen LogP contribution in [0.1, 0.15) is 34.8 Å². The highest BCUT2D eigenvalue weighted by molar-refractivity contribution is 7.10. The van der Waals surface area contributed by atoms with E-state index in [1.807, 2.05) is 29.5 Å². The molecule has 0 spiro atoms. The van der Waals surface area contributed by atoms with Gasteiger partial charge in [-0.15, -0.1) is 11.3 Å². The topological polar surface area (TPSA) is 26.0 Å². The summed E-state index contributed by atoms with van der Waals surface area (Å²) in [6.45, 7) is 0. The molecule has 1 aliphatic rings. The summed E-state index contributed by atoms with van der Waals surface area (Å²) in [6, 6.07) is 7.93. The first-order valence-electron chi connectivity index (χ1n) is 6.91. The van der Waals surface area contributed by atoms with E-state index < -0.39 is 0 Å². The third-order valence-corrected chi connectivity index (χ3v) is 5.68.